The highest BCUT2D eigenvalue weighted by Gasteiger charge is 2.26. The maximum absolute atomic E-state index is 5.44. The van der Waals surface area contributed by atoms with E-state index in [4.69, 9.17) is 14.2 Å². The third-order valence-electron chi connectivity index (χ3n) is 6.81. The van der Waals surface area contributed by atoms with E-state index in [1.807, 2.05) is 21.3 Å². The minimum Gasteiger partial charge on any atom is -0.388 e. The van der Waals surface area contributed by atoms with E-state index < -0.39 is 0 Å². The second-order valence-corrected chi connectivity index (χ2v) is 8.90. The van der Waals surface area contributed by atoms with Gasteiger partial charge in [0.2, 0.25) is 0 Å². The van der Waals surface area contributed by atoms with Gasteiger partial charge in [-0.1, -0.05) is 19.3 Å². The number of hydrogen-bond donors (Lipinski definition) is 0. The Morgan fingerprint density at radius 1 is 0.464 bits per heavy atom. The lowest BCUT2D eigenvalue weighted by molar-refractivity contribution is 0.0381. The van der Waals surface area contributed by atoms with Crippen LogP contribution < -0.4 is 0 Å². The van der Waals surface area contributed by atoms with E-state index in [1.54, 1.807) is 14.2 Å². The molecular weight excluding hydrogens is 352 g/mol. The molecule has 0 aromatic rings. The van der Waals surface area contributed by atoms with Crippen LogP contribution in [0.25, 0.3) is 0 Å². The predicted octanol–water partition coefficient (Wildman–Crippen LogP) is 6.02. The summed E-state index contributed by atoms with van der Waals surface area (Å²) in [7, 11) is 8.78. The fraction of sp³-hybridized carbons (Fsp3) is 1.00. The Kier molecular flexibility index (Phi) is 15.4. The molecule has 0 aromatic carbocycles. The molecule has 168 valence electrons. The van der Waals surface area contributed by atoms with Crippen molar-refractivity contribution >= 4 is 0 Å². The van der Waals surface area contributed by atoms with Gasteiger partial charge in [0.05, 0.1) is 18.3 Å². The van der Waals surface area contributed by atoms with E-state index in [9.17, 15) is 0 Å². The number of rotatable bonds is 5. The van der Waals surface area contributed by atoms with Gasteiger partial charge in [-0.25, -0.2) is 0 Å². The molecule has 0 aromatic heterocycles. The van der Waals surface area contributed by atoms with Gasteiger partial charge >= 0.3 is 0 Å². The van der Waals surface area contributed by atoms with Crippen LogP contribution in [0, 0.1) is 11.8 Å². The first-order chi connectivity index (χ1) is 13.7. The van der Waals surface area contributed by atoms with Crippen molar-refractivity contribution in [3.05, 3.63) is 0 Å². The van der Waals surface area contributed by atoms with Gasteiger partial charge in [-0.2, -0.15) is 0 Å². The fourth-order valence-electron chi connectivity index (χ4n) is 4.98. The van der Waals surface area contributed by atoms with E-state index >= 15 is 0 Å². The van der Waals surface area contributed by atoms with Gasteiger partial charge in [0.1, 0.15) is 0 Å². The van der Waals surface area contributed by atoms with Crippen LogP contribution in [-0.2, 0) is 18.9 Å². The molecule has 0 unspecified atom stereocenters. The summed E-state index contributed by atoms with van der Waals surface area (Å²) in [5, 5.41) is 0. The van der Waals surface area contributed by atoms with Gasteiger partial charge < -0.3 is 18.9 Å². The molecule has 0 bridgehead atoms. The largest absolute Gasteiger partial charge is 0.388 e. The Morgan fingerprint density at radius 3 is 1.07 bits per heavy atom. The molecule has 3 aliphatic rings. The van der Waals surface area contributed by atoms with Gasteiger partial charge in [0.25, 0.3) is 0 Å². The quantitative estimate of drug-likeness (QED) is 0.566. The molecule has 3 aliphatic carbocycles. The molecule has 4 nitrogen and oxygen atoms in total. The zero-order valence-corrected chi connectivity index (χ0v) is 19.4. The lowest BCUT2D eigenvalue weighted by Gasteiger charge is -2.33. The van der Waals surface area contributed by atoms with E-state index in [0.29, 0.717) is 18.3 Å². The van der Waals surface area contributed by atoms with Gasteiger partial charge in [-0.3, -0.25) is 0 Å². The smallest absolute Gasteiger partial charge is 0.0571 e. The van der Waals surface area contributed by atoms with E-state index in [-0.39, 0.29) is 0 Å². The SMILES string of the molecule is COC.COC1CCC(CC2CCC(OC)CC2)CC1.COC1CCCCC1. The number of ether oxygens (including phenoxy) is 4. The first-order valence-corrected chi connectivity index (χ1v) is 11.6. The Morgan fingerprint density at radius 2 is 0.786 bits per heavy atom. The summed E-state index contributed by atoms with van der Waals surface area (Å²) in [6.45, 7) is 0. The van der Waals surface area contributed by atoms with Crippen molar-refractivity contribution in [3.8, 4) is 0 Å². The molecule has 3 rings (SSSR count). The van der Waals surface area contributed by atoms with Crippen LogP contribution in [0.3, 0.4) is 0 Å². The first-order valence-electron chi connectivity index (χ1n) is 11.6. The van der Waals surface area contributed by atoms with Crippen LogP contribution in [0.5, 0.6) is 0 Å². The Balaban J connectivity index is 0.000000296. The summed E-state index contributed by atoms with van der Waals surface area (Å²) in [5.74, 6) is 1.95. The standard InChI is InChI=1S/C15H28O2.C7H14O.C2H6O/c1-16-14-7-3-12(4-8-14)11-13-5-9-15(17-2)10-6-13;1-8-7-5-3-2-4-6-7;1-3-2/h12-15H,3-11H2,1-2H3;7H,2-6H2,1H3;1-2H3. The molecule has 0 spiro atoms. The maximum atomic E-state index is 5.44. The molecule has 0 N–H and O–H groups in total. The minimum absolute atomic E-state index is 0.551. The lowest BCUT2D eigenvalue weighted by Crippen LogP contribution is -2.25. The summed E-state index contributed by atoms with van der Waals surface area (Å²) in [5.41, 5.74) is 0. The molecule has 3 saturated carbocycles. The summed E-state index contributed by atoms with van der Waals surface area (Å²) in [6, 6.07) is 0. The second-order valence-electron chi connectivity index (χ2n) is 8.90. The molecule has 0 saturated heterocycles. The second kappa shape index (κ2) is 16.6. The van der Waals surface area contributed by atoms with E-state index in [0.717, 1.165) is 11.8 Å². The highest BCUT2D eigenvalue weighted by molar-refractivity contribution is 4.78. The molecule has 0 atom stereocenters. The molecule has 0 heterocycles. The summed E-state index contributed by atoms with van der Waals surface area (Å²) in [4.78, 5) is 0. The van der Waals surface area contributed by atoms with Crippen LogP contribution in [-0.4, -0.2) is 53.9 Å². The first kappa shape index (κ1) is 25.9. The minimum atomic E-state index is 0.551. The maximum Gasteiger partial charge on any atom is 0.0571 e. The van der Waals surface area contributed by atoms with Crippen molar-refractivity contribution in [3.63, 3.8) is 0 Å². The summed E-state index contributed by atoms with van der Waals surface area (Å²) >= 11 is 0. The van der Waals surface area contributed by atoms with Gasteiger partial charge in [-0.15, -0.1) is 0 Å². The van der Waals surface area contributed by atoms with Crippen LogP contribution in [0.2, 0.25) is 0 Å². The number of hydrogen-bond acceptors (Lipinski definition) is 4. The van der Waals surface area contributed by atoms with Crippen molar-refractivity contribution < 1.29 is 18.9 Å². The number of methoxy groups -OCH3 is 4. The van der Waals surface area contributed by atoms with Crippen molar-refractivity contribution in [1.82, 2.24) is 0 Å². The van der Waals surface area contributed by atoms with E-state index in [2.05, 4.69) is 4.74 Å². The highest BCUT2D eigenvalue weighted by Crippen LogP contribution is 2.36. The van der Waals surface area contributed by atoms with Crippen molar-refractivity contribution in [1.29, 1.82) is 0 Å². The average molecular weight is 401 g/mol. The Hall–Kier alpha value is -0.160. The Bertz CT molecular complexity index is 305. The molecule has 28 heavy (non-hydrogen) atoms. The Labute approximate surface area is 175 Å². The zero-order valence-electron chi connectivity index (χ0n) is 19.4. The van der Waals surface area contributed by atoms with Crippen molar-refractivity contribution in [2.75, 3.05) is 35.5 Å². The molecule has 0 radical (unpaired) electrons. The van der Waals surface area contributed by atoms with Crippen LogP contribution >= 0.6 is 0 Å². The monoisotopic (exact) mass is 400 g/mol. The zero-order chi connectivity index (χ0) is 20.6. The molecule has 0 aliphatic heterocycles. The third-order valence-corrected chi connectivity index (χ3v) is 6.81. The summed E-state index contributed by atoms with van der Waals surface area (Å²) < 4.78 is 20.3. The third kappa shape index (κ3) is 11.1. The fourth-order valence-corrected chi connectivity index (χ4v) is 4.98. The van der Waals surface area contributed by atoms with Crippen LogP contribution in [0.1, 0.15) is 89.9 Å². The molecule has 0 amide bonds. The van der Waals surface area contributed by atoms with Gasteiger partial charge in [0, 0.05) is 35.5 Å². The van der Waals surface area contributed by atoms with Crippen molar-refractivity contribution in [2.24, 2.45) is 11.8 Å². The van der Waals surface area contributed by atoms with Crippen LogP contribution in [0.15, 0.2) is 0 Å². The van der Waals surface area contributed by atoms with E-state index in [1.165, 1.54) is 89.9 Å². The molecule has 4 heteroatoms. The topological polar surface area (TPSA) is 36.9 Å². The van der Waals surface area contributed by atoms with Crippen molar-refractivity contribution in [2.45, 2.75) is 108 Å². The highest BCUT2D eigenvalue weighted by atomic mass is 16.5. The van der Waals surface area contributed by atoms with Crippen LogP contribution in [0.4, 0.5) is 0 Å². The molecule has 3 fully saturated rings. The molecular formula is C24H48O4. The average Bonchev–Trinajstić information content (AvgIpc) is 2.76. The predicted molar refractivity (Wildman–Crippen MR) is 117 cm³/mol. The normalized spacial score (nSPS) is 31.2. The van der Waals surface area contributed by atoms with Gasteiger partial charge in [-0.05, 0) is 82.5 Å². The lowest BCUT2D eigenvalue weighted by atomic mass is 9.76. The van der Waals surface area contributed by atoms with Gasteiger partial charge in [0.15, 0.2) is 0 Å². The summed E-state index contributed by atoms with van der Waals surface area (Å²) in [6.07, 6.45) is 20.6.